The van der Waals surface area contributed by atoms with Crippen LogP contribution in [0.2, 0.25) is 0 Å². The molecule has 7 nitrogen and oxygen atoms in total. The molecule has 0 spiro atoms. The molecule has 1 fully saturated rings. The maximum Gasteiger partial charge on any atom is 0.222 e. The Morgan fingerprint density at radius 3 is 2.48 bits per heavy atom. The van der Waals surface area contributed by atoms with E-state index in [9.17, 15) is 9.18 Å². The van der Waals surface area contributed by atoms with E-state index in [1.54, 1.807) is 12.1 Å². The molecule has 1 saturated heterocycles. The predicted octanol–water partition coefficient (Wildman–Crippen LogP) is 5.70. The van der Waals surface area contributed by atoms with E-state index in [-0.39, 0.29) is 11.7 Å². The van der Waals surface area contributed by atoms with Gasteiger partial charge in [-0.2, -0.15) is 0 Å². The minimum atomic E-state index is -0.218. The van der Waals surface area contributed by atoms with Crippen molar-refractivity contribution in [3.8, 4) is 0 Å². The SMILES string of the molecule is Cc1ccc(Cn2c3ccccc3c3nnc(SCCCC(=O)N4CCN(c5ccccc5F)CC4)nc32)cc1. The van der Waals surface area contributed by atoms with Crippen LogP contribution >= 0.6 is 11.8 Å². The van der Waals surface area contributed by atoms with Gasteiger partial charge in [0.25, 0.3) is 0 Å². The Kier molecular flexibility index (Phi) is 7.64. The highest BCUT2D eigenvalue weighted by Gasteiger charge is 2.22. The number of carbonyl (C=O) groups is 1. The number of piperazine rings is 1. The number of fused-ring (bicyclic) bond motifs is 3. The Morgan fingerprint density at radius 1 is 0.925 bits per heavy atom. The van der Waals surface area contributed by atoms with E-state index in [4.69, 9.17) is 4.98 Å². The van der Waals surface area contributed by atoms with Crippen molar-refractivity contribution in [2.45, 2.75) is 31.5 Å². The summed E-state index contributed by atoms with van der Waals surface area (Å²) in [5.41, 5.74) is 5.75. The molecular formula is C31H31FN6OS. The van der Waals surface area contributed by atoms with Gasteiger partial charge in [-0.1, -0.05) is 71.9 Å². The average Bonchev–Trinajstić information content (AvgIpc) is 3.29. The summed E-state index contributed by atoms with van der Waals surface area (Å²) in [6, 6.07) is 23.6. The molecule has 1 amide bonds. The first kappa shape index (κ1) is 26.3. The van der Waals surface area contributed by atoms with Crippen molar-refractivity contribution in [2.75, 3.05) is 36.8 Å². The van der Waals surface area contributed by atoms with Gasteiger partial charge >= 0.3 is 0 Å². The first-order chi connectivity index (χ1) is 19.6. The Balaban J connectivity index is 1.07. The number of rotatable bonds is 8. The van der Waals surface area contributed by atoms with Gasteiger partial charge in [0.05, 0.1) is 11.2 Å². The third kappa shape index (κ3) is 5.51. The number of anilines is 1. The molecule has 3 heterocycles. The lowest BCUT2D eigenvalue weighted by Crippen LogP contribution is -2.49. The van der Waals surface area contributed by atoms with Crippen LogP contribution in [-0.2, 0) is 11.3 Å². The van der Waals surface area contributed by atoms with Crippen molar-refractivity contribution < 1.29 is 9.18 Å². The van der Waals surface area contributed by atoms with E-state index in [1.807, 2.05) is 28.0 Å². The molecule has 1 aliphatic heterocycles. The molecule has 1 aliphatic rings. The van der Waals surface area contributed by atoms with Crippen LogP contribution in [0.1, 0.15) is 24.0 Å². The molecule has 0 bridgehead atoms. The van der Waals surface area contributed by atoms with Crippen LogP contribution in [0.4, 0.5) is 10.1 Å². The smallest absolute Gasteiger partial charge is 0.222 e. The quantitative estimate of drug-likeness (QED) is 0.181. The maximum absolute atomic E-state index is 14.1. The minimum absolute atomic E-state index is 0.140. The topological polar surface area (TPSA) is 67.2 Å². The number of amides is 1. The summed E-state index contributed by atoms with van der Waals surface area (Å²) in [5.74, 6) is 0.651. The monoisotopic (exact) mass is 554 g/mol. The van der Waals surface area contributed by atoms with Gasteiger partial charge in [-0.15, -0.1) is 10.2 Å². The Hall–Kier alpha value is -3.98. The lowest BCUT2D eigenvalue weighted by Gasteiger charge is -2.36. The summed E-state index contributed by atoms with van der Waals surface area (Å²) in [4.78, 5) is 21.6. The van der Waals surface area contributed by atoms with Gasteiger partial charge in [0, 0.05) is 50.3 Å². The molecule has 2 aromatic heterocycles. The second-order valence-electron chi connectivity index (χ2n) is 10.1. The standard InChI is InChI=1S/C31H31FN6OS/c1-22-12-14-23(15-13-22)21-38-26-9-4-2-7-24(26)29-30(38)33-31(35-34-29)40-20-6-11-28(39)37-18-16-36(17-19-37)27-10-5-3-8-25(27)32/h2-5,7-10,12-15H,6,11,16-21H2,1H3. The molecule has 40 heavy (non-hydrogen) atoms. The zero-order chi connectivity index (χ0) is 27.5. The van der Waals surface area contributed by atoms with Crippen molar-refractivity contribution in [3.05, 3.63) is 89.7 Å². The fourth-order valence-corrected chi connectivity index (χ4v) is 5.96. The van der Waals surface area contributed by atoms with Crippen LogP contribution < -0.4 is 4.90 Å². The van der Waals surface area contributed by atoms with Gasteiger partial charge in [-0.3, -0.25) is 4.79 Å². The molecule has 0 unspecified atom stereocenters. The average molecular weight is 555 g/mol. The summed E-state index contributed by atoms with van der Waals surface area (Å²) in [6.45, 7) is 5.28. The fourth-order valence-electron chi connectivity index (χ4n) is 5.24. The summed E-state index contributed by atoms with van der Waals surface area (Å²) in [7, 11) is 0. The zero-order valence-electron chi connectivity index (χ0n) is 22.5. The number of aromatic nitrogens is 4. The zero-order valence-corrected chi connectivity index (χ0v) is 23.3. The van der Waals surface area contributed by atoms with Gasteiger partial charge in [0.2, 0.25) is 11.1 Å². The molecular weight excluding hydrogens is 523 g/mol. The minimum Gasteiger partial charge on any atom is -0.366 e. The van der Waals surface area contributed by atoms with E-state index in [0.717, 1.165) is 34.2 Å². The number of halogens is 1. The molecule has 9 heteroatoms. The van der Waals surface area contributed by atoms with Gasteiger partial charge in [0.1, 0.15) is 11.3 Å². The molecule has 3 aromatic carbocycles. The Morgan fingerprint density at radius 2 is 1.68 bits per heavy atom. The number of aryl methyl sites for hydroxylation is 1. The number of thioether (sulfide) groups is 1. The van der Waals surface area contributed by atoms with E-state index in [2.05, 4.69) is 58.1 Å². The first-order valence-electron chi connectivity index (χ1n) is 13.6. The third-order valence-corrected chi connectivity index (χ3v) is 8.33. The first-order valence-corrected chi connectivity index (χ1v) is 14.6. The van der Waals surface area contributed by atoms with Crippen LogP contribution in [-0.4, -0.2) is 62.5 Å². The molecule has 6 rings (SSSR count). The van der Waals surface area contributed by atoms with Crippen molar-refractivity contribution in [3.63, 3.8) is 0 Å². The lowest BCUT2D eigenvalue weighted by molar-refractivity contribution is -0.131. The largest absolute Gasteiger partial charge is 0.366 e. The number of benzene rings is 3. The molecule has 0 atom stereocenters. The van der Waals surface area contributed by atoms with Crippen LogP contribution in [0.5, 0.6) is 0 Å². The summed E-state index contributed by atoms with van der Waals surface area (Å²) >= 11 is 1.53. The van der Waals surface area contributed by atoms with Crippen LogP contribution in [0.3, 0.4) is 0 Å². The van der Waals surface area contributed by atoms with Crippen LogP contribution in [0.15, 0.2) is 78.0 Å². The molecule has 204 valence electrons. The number of hydrogen-bond acceptors (Lipinski definition) is 6. The molecule has 0 radical (unpaired) electrons. The molecule has 0 saturated carbocycles. The highest BCUT2D eigenvalue weighted by Crippen LogP contribution is 2.28. The number of para-hydroxylation sites is 2. The van der Waals surface area contributed by atoms with E-state index in [0.29, 0.717) is 50.0 Å². The summed E-state index contributed by atoms with van der Waals surface area (Å²) < 4.78 is 16.3. The number of carbonyl (C=O) groups excluding carboxylic acids is 1. The molecule has 5 aromatic rings. The van der Waals surface area contributed by atoms with Crippen molar-refractivity contribution in [1.29, 1.82) is 0 Å². The van der Waals surface area contributed by atoms with Crippen LogP contribution in [0, 0.1) is 12.7 Å². The van der Waals surface area contributed by atoms with Crippen molar-refractivity contribution in [1.82, 2.24) is 24.6 Å². The third-order valence-electron chi connectivity index (χ3n) is 7.41. The lowest BCUT2D eigenvalue weighted by atomic mass is 10.1. The summed E-state index contributed by atoms with van der Waals surface area (Å²) in [5, 5.41) is 10.6. The normalized spacial score (nSPS) is 13.8. The second-order valence-corrected chi connectivity index (χ2v) is 11.2. The van der Waals surface area contributed by atoms with Crippen molar-refractivity contribution in [2.24, 2.45) is 0 Å². The van der Waals surface area contributed by atoms with Crippen LogP contribution in [0.25, 0.3) is 22.1 Å². The number of hydrogen-bond donors (Lipinski definition) is 0. The maximum atomic E-state index is 14.1. The number of nitrogens with zero attached hydrogens (tertiary/aromatic N) is 6. The van der Waals surface area contributed by atoms with Gasteiger partial charge in [-0.05, 0) is 37.1 Å². The highest BCUT2D eigenvalue weighted by atomic mass is 32.2. The highest BCUT2D eigenvalue weighted by molar-refractivity contribution is 7.99. The van der Waals surface area contributed by atoms with E-state index in [1.165, 1.54) is 29.0 Å². The molecule has 0 N–H and O–H groups in total. The second kappa shape index (κ2) is 11.6. The van der Waals surface area contributed by atoms with Gasteiger partial charge in [-0.25, -0.2) is 9.37 Å². The van der Waals surface area contributed by atoms with E-state index < -0.39 is 0 Å². The van der Waals surface area contributed by atoms with Crippen molar-refractivity contribution >= 4 is 45.4 Å². The van der Waals surface area contributed by atoms with E-state index >= 15 is 0 Å². The fraction of sp³-hybridized carbons (Fsp3) is 0.290. The predicted molar refractivity (Wildman–Crippen MR) is 158 cm³/mol. The Labute approximate surface area is 237 Å². The van der Waals surface area contributed by atoms with Gasteiger partial charge < -0.3 is 14.4 Å². The summed E-state index contributed by atoms with van der Waals surface area (Å²) in [6.07, 6.45) is 1.20. The Bertz CT molecular complexity index is 1650. The molecule has 0 aliphatic carbocycles. The van der Waals surface area contributed by atoms with Gasteiger partial charge in [0.15, 0.2) is 5.65 Å².